The van der Waals surface area contributed by atoms with Crippen molar-refractivity contribution in [2.45, 2.75) is 64.4 Å². The molecular formula is C38H44FN3O4S. The van der Waals surface area contributed by atoms with Crippen LogP contribution in [0.25, 0.3) is 0 Å². The van der Waals surface area contributed by atoms with Crippen molar-refractivity contribution in [3.63, 3.8) is 0 Å². The molecule has 2 amide bonds. The van der Waals surface area contributed by atoms with Crippen LogP contribution in [-0.4, -0.2) is 44.3 Å². The molecule has 4 aromatic rings. The maximum Gasteiger partial charge on any atom is 0.264 e. The standard InChI is InChI=1S/C38H44FN3O4S/c1-27(2)24-40-38(44)36(23-30-9-7-6-8-10-30)41(25-31-13-17-33(39)18-14-31)37(43)26-42(34-19-15-32(16-20-34)28(3)4)47(45,46)35-21-11-29(5)12-22-35/h6-22,27-28,36H,23-26H2,1-5H3,(H,40,44)/t36-/m1/s1. The van der Waals surface area contributed by atoms with Crippen LogP contribution >= 0.6 is 0 Å². The summed E-state index contributed by atoms with van der Waals surface area (Å²) in [6, 6.07) is 27.7. The monoisotopic (exact) mass is 657 g/mol. The first-order valence-corrected chi connectivity index (χ1v) is 17.3. The normalized spacial score (nSPS) is 12.2. The fraction of sp³-hybridized carbons (Fsp3) is 0.316. The molecule has 0 aliphatic carbocycles. The minimum atomic E-state index is -4.20. The number of carbonyl (C=O) groups is 2. The zero-order chi connectivity index (χ0) is 34.1. The van der Waals surface area contributed by atoms with Crippen LogP contribution in [0, 0.1) is 18.7 Å². The predicted octanol–water partition coefficient (Wildman–Crippen LogP) is 6.87. The molecule has 0 heterocycles. The number of nitrogens with zero attached hydrogens (tertiary/aromatic N) is 2. The number of amides is 2. The number of anilines is 1. The van der Waals surface area contributed by atoms with E-state index >= 15 is 0 Å². The van der Waals surface area contributed by atoms with Crippen LogP contribution in [0.5, 0.6) is 0 Å². The number of rotatable bonds is 14. The summed E-state index contributed by atoms with van der Waals surface area (Å²) >= 11 is 0. The summed E-state index contributed by atoms with van der Waals surface area (Å²) in [7, 11) is -4.20. The molecule has 0 saturated heterocycles. The number of carbonyl (C=O) groups excluding carboxylic acids is 2. The summed E-state index contributed by atoms with van der Waals surface area (Å²) in [6.45, 7) is 9.73. The van der Waals surface area contributed by atoms with Crippen LogP contribution in [0.1, 0.15) is 55.9 Å². The molecule has 248 valence electrons. The van der Waals surface area contributed by atoms with Crippen LogP contribution in [0.3, 0.4) is 0 Å². The van der Waals surface area contributed by atoms with Gasteiger partial charge in [-0.3, -0.25) is 13.9 Å². The molecule has 0 radical (unpaired) electrons. The Kier molecular flexibility index (Phi) is 11.9. The van der Waals surface area contributed by atoms with Crippen molar-refractivity contribution in [3.8, 4) is 0 Å². The second-order valence-electron chi connectivity index (χ2n) is 12.6. The lowest BCUT2D eigenvalue weighted by Crippen LogP contribution is -2.53. The second-order valence-corrected chi connectivity index (χ2v) is 14.4. The van der Waals surface area contributed by atoms with Crippen molar-refractivity contribution in [3.05, 3.63) is 131 Å². The first-order chi connectivity index (χ1) is 22.3. The Morgan fingerprint density at radius 1 is 0.787 bits per heavy atom. The van der Waals surface area contributed by atoms with Gasteiger partial charge in [0.1, 0.15) is 18.4 Å². The molecule has 0 spiro atoms. The van der Waals surface area contributed by atoms with Gasteiger partial charge in [-0.25, -0.2) is 12.8 Å². The van der Waals surface area contributed by atoms with Crippen LogP contribution in [0.15, 0.2) is 108 Å². The third-order valence-corrected chi connectivity index (χ3v) is 9.75. The quantitative estimate of drug-likeness (QED) is 0.161. The Balaban J connectivity index is 1.80. The van der Waals surface area contributed by atoms with Gasteiger partial charge in [0.05, 0.1) is 10.6 Å². The number of hydrogen-bond acceptors (Lipinski definition) is 4. The maximum absolute atomic E-state index is 14.5. The number of benzene rings is 4. The van der Waals surface area contributed by atoms with E-state index in [4.69, 9.17) is 0 Å². The molecule has 0 fully saturated rings. The summed E-state index contributed by atoms with van der Waals surface area (Å²) in [5.74, 6) is -0.961. The average Bonchev–Trinajstić information content (AvgIpc) is 3.05. The molecule has 0 aliphatic heterocycles. The van der Waals surface area contributed by atoms with E-state index in [0.717, 1.165) is 21.0 Å². The van der Waals surface area contributed by atoms with E-state index in [9.17, 15) is 22.4 Å². The minimum absolute atomic E-state index is 0.0313. The predicted molar refractivity (Wildman–Crippen MR) is 185 cm³/mol. The molecule has 1 N–H and O–H groups in total. The summed E-state index contributed by atoms with van der Waals surface area (Å²) in [5.41, 5.74) is 3.69. The topological polar surface area (TPSA) is 86.8 Å². The van der Waals surface area contributed by atoms with Crippen LogP contribution < -0.4 is 9.62 Å². The van der Waals surface area contributed by atoms with Gasteiger partial charge in [-0.05, 0) is 71.8 Å². The third-order valence-electron chi connectivity index (χ3n) is 7.96. The van der Waals surface area contributed by atoms with Gasteiger partial charge < -0.3 is 10.2 Å². The van der Waals surface area contributed by atoms with E-state index in [1.165, 1.54) is 29.2 Å². The smallest absolute Gasteiger partial charge is 0.264 e. The van der Waals surface area contributed by atoms with E-state index in [1.54, 1.807) is 36.4 Å². The Bertz CT molecular complexity index is 1720. The molecule has 7 nitrogen and oxygen atoms in total. The van der Waals surface area contributed by atoms with E-state index in [-0.39, 0.29) is 35.6 Å². The first-order valence-electron chi connectivity index (χ1n) is 15.9. The largest absolute Gasteiger partial charge is 0.354 e. The lowest BCUT2D eigenvalue weighted by molar-refractivity contribution is -0.140. The van der Waals surface area contributed by atoms with Crippen LogP contribution in [-0.2, 0) is 32.6 Å². The summed E-state index contributed by atoms with van der Waals surface area (Å²) in [5, 5.41) is 2.97. The van der Waals surface area contributed by atoms with Gasteiger partial charge in [-0.1, -0.05) is 100.0 Å². The van der Waals surface area contributed by atoms with E-state index in [2.05, 4.69) is 5.32 Å². The molecule has 4 rings (SSSR count). The summed E-state index contributed by atoms with van der Waals surface area (Å²) < 4.78 is 43.4. The fourth-order valence-corrected chi connectivity index (χ4v) is 6.57. The molecule has 0 aromatic heterocycles. The molecule has 1 atom stereocenters. The number of aryl methyl sites for hydroxylation is 1. The van der Waals surface area contributed by atoms with E-state index in [0.29, 0.717) is 17.8 Å². The molecular weight excluding hydrogens is 614 g/mol. The van der Waals surface area contributed by atoms with Crippen LogP contribution in [0.4, 0.5) is 10.1 Å². The molecule has 0 aliphatic rings. The van der Waals surface area contributed by atoms with E-state index < -0.39 is 34.3 Å². The van der Waals surface area contributed by atoms with Crippen molar-refractivity contribution in [1.82, 2.24) is 10.2 Å². The highest BCUT2D eigenvalue weighted by Crippen LogP contribution is 2.27. The van der Waals surface area contributed by atoms with Gasteiger partial charge in [0, 0.05) is 19.5 Å². The highest BCUT2D eigenvalue weighted by molar-refractivity contribution is 7.92. The zero-order valence-corrected chi connectivity index (χ0v) is 28.5. The van der Waals surface area contributed by atoms with Crippen molar-refractivity contribution < 1.29 is 22.4 Å². The fourth-order valence-electron chi connectivity index (χ4n) is 5.15. The average molecular weight is 658 g/mol. The van der Waals surface area contributed by atoms with Gasteiger partial charge in [-0.15, -0.1) is 0 Å². The van der Waals surface area contributed by atoms with Crippen molar-refractivity contribution >= 4 is 27.5 Å². The van der Waals surface area contributed by atoms with Crippen LogP contribution in [0.2, 0.25) is 0 Å². The van der Waals surface area contributed by atoms with Gasteiger partial charge >= 0.3 is 0 Å². The Morgan fingerprint density at radius 2 is 1.40 bits per heavy atom. The number of hydrogen-bond donors (Lipinski definition) is 1. The minimum Gasteiger partial charge on any atom is -0.354 e. The van der Waals surface area contributed by atoms with Crippen molar-refractivity contribution in [1.29, 1.82) is 0 Å². The Hall–Kier alpha value is -4.50. The Morgan fingerprint density at radius 3 is 1.98 bits per heavy atom. The number of halogens is 1. The molecule has 0 bridgehead atoms. The molecule has 4 aromatic carbocycles. The van der Waals surface area contributed by atoms with Gasteiger partial charge in [0.2, 0.25) is 11.8 Å². The Labute approximate surface area is 278 Å². The van der Waals surface area contributed by atoms with Crippen molar-refractivity contribution in [2.24, 2.45) is 5.92 Å². The highest BCUT2D eigenvalue weighted by Gasteiger charge is 2.34. The summed E-state index contributed by atoms with van der Waals surface area (Å²) in [4.78, 5) is 29.9. The molecule has 9 heteroatoms. The van der Waals surface area contributed by atoms with Crippen molar-refractivity contribution in [2.75, 3.05) is 17.4 Å². The number of nitrogens with one attached hydrogen (secondary N) is 1. The first kappa shape index (κ1) is 35.4. The second kappa shape index (κ2) is 15.9. The summed E-state index contributed by atoms with van der Waals surface area (Å²) in [6.07, 6.45) is 0.200. The molecule has 0 unspecified atom stereocenters. The lowest BCUT2D eigenvalue weighted by Gasteiger charge is -2.34. The highest BCUT2D eigenvalue weighted by atomic mass is 32.2. The van der Waals surface area contributed by atoms with Gasteiger partial charge in [-0.2, -0.15) is 0 Å². The third kappa shape index (κ3) is 9.51. The molecule has 0 saturated carbocycles. The van der Waals surface area contributed by atoms with E-state index in [1.807, 2.05) is 77.1 Å². The SMILES string of the molecule is Cc1ccc(S(=O)(=O)N(CC(=O)N(Cc2ccc(F)cc2)[C@H](Cc2ccccc2)C(=O)NCC(C)C)c2ccc(C(C)C)cc2)cc1. The number of sulfonamides is 1. The molecule has 47 heavy (non-hydrogen) atoms. The zero-order valence-electron chi connectivity index (χ0n) is 27.7. The van der Waals surface area contributed by atoms with Gasteiger partial charge in [0.15, 0.2) is 0 Å². The van der Waals surface area contributed by atoms with Gasteiger partial charge in [0.25, 0.3) is 10.0 Å². The lowest BCUT2D eigenvalue weighted by atomic mass is 10.0. The maximum atomic E-state index is 14.5.